The number of carboxylic acids is 1. The molecule has 0 bridgehead atoms. The smallest absolute Gasteiger partial charge is 0.309 e. The predicted octanol–water partition coefficient (Wildman–Crippen LogP) is 3.93. The van der Waals surface area contributed by atoms with Gasteiger partial charge in [0.25, 0.3) is 0 Å². The molecule has 0 aliphatic heterocycles. The van der Waals surface area contributed by atoms with Crippen molar-refractivity contribution in [1.82, 2.24) is 0 Å². The third-order valence-electron chi connectivity index (χ3n) is 7.05. The maximum absolute atomic E-state index is 11.9. The van der Waals surface area contributed by atoms with Gasteiger partial charge in [0.2, 0.25) is 0 Å². The lowest BCUT2D eigenvalue weighted by molar-refractivity contribution is -0.164. The Labute approximate surface area is 133 Å². The van der Waals surface area contributed by atoms with Gasteiger partial charge in [-0.1, -0.05) is 31.6 Å². The van der Waals surface area contributed by atoms with Crippen molar-refractivity contribution >= 4 is 5.97 Å². The molecule has 5 atom stereocenters. The summed E-state index contributed by atoms with van der Waals surface area (Å²) in [4.78, 5) is 11.9. The average molecular weight is 304 g/mol. The molecule has 3 rings (SSSR count). The molecular weight excluding hydrogens is 276 g/mol. The summed E-state index contributed by atoms with van der Waals surface area (Å²) in [5.41, 5.74) is -0.0651. The summed E-state index contributed by atoms with van der Waals surface area (Å²) in [6.07, 6.45) is 10.0. The quantitative estimate of drug-likeness (QED) is 0.760. The van der Waals surface area contributed by atoms with Gasteiger partial charge >= 0.3 is 5.97 Å². The molecule has 1 unspecified atom stereocenters. The van der Waals surface area contributed by atoms with Crippen LogP contribution in [0.5, 0.6) is 0 Å². The number of aliphatic hydroxyl groups is 1. The number of hydrogen-bond acceptors (Lipinski definition) is 2. The van der Waals surface area contributed by atoms with Crippen LogP contribution in [0.1, 0.15) is 58.8 Å². The molecule has 122 valence electrons. The van der Waals surface area contributed by atoms with Crippen LogP contribution in [-0.4, -0.2) is 21.8 Å². The Balaban J connectivity index is 1.99. The minimum atomic E-state index is -0.861. The summed E-state index contributed by atoms with van der Waals surface area (Å²) in [6.45, 7) is 8.02. The highest BCUT2D eigenvalue weighted by molar-refractivity contribution is 5.75. The lowest BCUT2D eigenvalue weighted by Gasteiger charge is -2.58. The van der Waals surface area contributed by atoms with Crippen LogP contribution in [-0.2, 0) is 4.79 Å². The van der Waals surface area contributed by atoms with Gasteiger partial charge in [-0.05, 0) is 68.8 Å². The first-order valence-electron chi connectivity index (χ1n) is 8.56. The van der Waals surface area contributed by atoms with Crippen molar-refractivity contribution in [3.8, 4) is 0 Å². The van der Waals surface area contributed by atoms with E-state index in [2.05, 4.69) is 13.5 Å². The zero-order valence-electron chi connectivity index (χ0n) is 13.8. The van der Waals surface area contributed by atoms with Crippen LogP contribution < -0.4 is 0 Å². The first-order chi connectivity index (χ1) is 10.3. The fourth-order valence-electron chi connectivity index (χ4n) is 5.76. The molecule has 3 aliphatic carbocycles. The van der Waals surface area contributed by atoms with Crippen molar-refractivity contribution in [3.05, 3.63) is 24.3 Å². The zero-order chi connectivity index (χ0) is 16.2. The molecule has 0 aromatic rings. The largest absolute Gasteiger partial charge is 0.481 e. The first-order valence-corrected chi connectivity index (χ1v) is 8.56. The van der Waals surface area contributed by atoms with E-state index in [0.29, 0.717) is 12.3 Å². The van der Waals surface area contributed by atoms with E-state index >= 15 is 0 Å². The van der Waals surface area contributed by atoms with Gasteiger partial charge in [-0.25, -0.2) is 0 Å². The van der Waals surface area contributed by atoms with E-state index in [-0.39, 0.29) is 11.3 Å². The number of allylic oxidation sites excluding steroid dienone is 1. The fraction of sp³-hybridized carbons (Fsp3) is 0.737. The Hall–Kier alpha value is -1.09. The molecule has 22 heavy (non-hydrogen) atoms. The van der Waals surface area contributed by atoms with Gasteiger partial charge in [-0.15, -0.1) is 0 Å². The van der Waals surface area contributed by atoms with Crippen LogP contribution in [0.4, 0.5) is 0 Å². The second-order valence-corrected chi connectivity index (χ2v) is 8.18. The van der Waals surface area contributed by atoms with Gasteiger partial charge in [0.15, 0.2) is 0 Å². The standard InChI is InChI=1S/C19H28O3/c1-4-19(22)11-8-14-13(12-19)6-7-15-17(14,2)9-5-10-18(15,3)16(20)21/h4,12,14-15,22H,1,5-11H2,2-3H3,(H,20,21)/t14-,15?,17+,18-,19-/m0/s1. The monoisotopic (exact) mass is 304 g/mol. The summed E-state index contributed by atoms with van der Waals surface area (Å²) in [5.74, 6) is 0.0306. The maximum Gasteiger partial charge on any atom is 0.309 e. The van der Waals surface area contributed by atoms with E-state index in [1.54, 1.807) is 6.08 Å². The highest BCUT2D eigenvalue weighted by Gasteiger charge is 2.58. The molecule has 0 heterocycles. The SMILES string of the molecule is C=C[C@@]1(O)C=C2CCC3[C@](C)(CCC[C@]3(C)C(=O)O)[C@H]2CC1. The van der Waals surface area contributed by atoms with Crippen LogP contribution in [0.25, 0.3) is 0 Å². The second-order valence-electron chi connectivity index (χ2n) is 8.18. The molecule has 2 fully saturated rings. The lowest BCUT2D eigenvalue weighted by atomic mass is 9.45. The maximum atomic E-state index is 11.9. The third kappa shape index (κ3) is 2.09. The Morgan fingerprint density at radius 1 is 1.32 bits per heavy atom. The lowest BCUT2D eigenvalue weighted by Crippen LogP contribution is -2.54. The van der Waals surface area contributed by atoms with Gasteiger partial charge in [-0.2, -0.15) is 0 Å². The summed E-state index contributed by atoms with van der Waals surface area (Å²) < 4.78 is 0. The Morgan fingerprint density at radius 2 is 2.05 bits per heavy atom. The summed E-state index contributed by atoms with van der Waals surface area (Å²) >= 11 is 0. The van der Waals surface area contributed by atoms with Crippen molar-refractivity contribution in [2.75, 3.05) is 0 Å². The Bertz CT molecular complexity index is 537. The summed E-state index contributed by atoms with van der Waals surface area (Å²) in [7, 11) is 0. The second kappa shape index (κ2) is 4.95. The Morgan fingerprint density at radius 3 is 2.68 bits per heavy atom. The molecular formula is C19H28O3. The van der Waals surface area contributed by atoms with Crippen LogP contribution >= 0.6 is 0 Å². The van der Waals surface area contributed by atoms with Crippen molar-refractivity contribution in [2.45, 2.75) is 64.4 Å². The number of rotatable bonds is 2. The third-order valence-corrected chi connectivity index (χ3v) is 7.05. The predicted molar refractivity (Wildman–Crippen MR) is 86.4 cm³/mol. The molecule has 0 saturated heterocycles. The van der Waals surface area contributed by atoms with E-state index in [9.17, 15) is 15.0 Å². The van der Waals surface area contributed by atoms with Gasteiger partial charge in [0.1, 0.15) is 5.60 Å². The number of fused-ring (bicyclic) bond motifs is 3. The molecule has 3 heteroatoms. The van der Waals surface area contributed by atoms with Crippen LogP contribution in [0, 0.1) is 22.7 Å². The minimum Gasteiger partial charge on any atom is -0.481 e. The highest BCUT2D eigenvalue weighted by atomic mass is 16.4. The number of carbonyl (C=O) groups is 1. The molecule has 3 nitrogen and oxygen atoms in total. The van der Waals surface area contributed by atoms with Gasteiger partial charge in [0.05, 0.1) is 5.41 Å². The summed E-state index contributed by atoms with van der Waals surface area (Å²) in [5, 5.41) is 20.3. The van der Waals surface area contributed by atoms with E-state index in [0.717, 1.165) is 38.5 Å². The van der Waals surface area contributed by atoms with E-state index in [1.807, 2.05) is 13.0 Å². The normalized spacial score (nSPS) is 47.9. The van der Waals surface area contributed by atoms with E-state index < -0.39 is 17.0 Å². The van der Waals surface area contributed by atoms with E-state index in [1.165, 1.54) is 5.57 Å². The number of aliphatic carboxylic acids is 1. The molecule has 0 radical (unpaired) electrons. The van der Waals surface area contributed by atoms with Crippen molar-refractivity contribution in [1.29, 1.82) is 0 Å². The van der Waals surface area contributed by atoms with Gasteiger partial charge in [0, 0.05) is 0 Å². The molecule has 0 aromatic carbocycles. The van der Waals surface area contributed by atoms with Crippen molar-refractivity contribution < 1.29 is 15.0 Å². The van der Waals surface area contributed by atoms with Crippen LogP contribution in [0.3, 0.4) is 0 Å². The molecule has 2 saturated carbocycles. The zero-order valence-corrected chi connectivity index (χ0v) is 13.8. The fourth-order valence-corrected chi connectivity index (χ4v) is 5.76. The molecule has 3 aliphatic rings. The first kappa shape index (κ1) is 15.8. The topological polar surface area (TPSA) is 57.5 Å². The molecule has 2 N–H and O–H groups in total. The molecule has 0 spiro atoms. The van der Waals surface area contributed by atoms with Crippen molar-refractivity contribution in [3.63, 3.8) is 0 Å². The number of hydrogen-bond donors (Lipinski definition) is 2. The van der Waals surface area contributed by atoms with Gasteiger partial charge in [-0.3, -0.25) is 4.79 Å². The van der Waals surface area contributed by atoms with Crippen LogP contribution in [0.15, 0.2) is 24.3 Å². The van der Waals surface area contributed by atoms with E-state index in [4.69, 9.17) is 0 Å². The average Bonchev–Trinajstić information content (AvgIpc) is 2.46. The summed E-state index contributed by atoms with van der Waals surface area (Å²) in [6, 6.07) is 0. The highest BCUT2D eigenvalue weighted by Crippen LogP contribution is 2.63. The Kier molecular flexibility index (Phi) is 3.56. The van der Waals surface area contributed by atoms with Gasteiger partial charge < -0.3 is 10.2 Å². The van der Waals surface area contributed by atoms with Crippen LogP contribution in [0.2, 0.25) is 0 Å². The van der Waals surface area contributed by atoms with Crippen molar-refractivity contribution in [2.24, 2.45) is 22.7 Å². The minimum absolute atomic E-state index is 0.0535. The molecule has 0 aromatic heterocycles. The number of carboxylic acid groups (broad SMARTS) is 1. The molecule has 0 amide bonds.